The van der Waals surface area contributed by atoms with E-state index < -0.39 is 0 Å². The van der Waals surface area contributed by atoms with E-state index in [4.69, 9.17) is 4.74 Å². The van der Waals surface area contributed by atoms with Gasteiger partial charge in [0.05, 0.1) is 12.4 Å². The van der Waals surface area contributed by atoms with Gasteiger partial charge in [0.2, 0.25) is 0 Å². The fourth-order valence-electron chi connectivity index (χ4n) is 1.11. The van der Waals surface area contributed by atoms with Gasteiger partial charge in [-0.25, -0.2) is 0 Å². The molecule has 16 heavy (non-hydrogen) atoms. The van der Waals surface area contributed by atoms with Crippen LogP contribution in [0.25, 0.3) is 0 Å². The Morgan fingerprint density at radius 2 is 2.38 bits per heavy atom. The van der Waals surface area contributed by atoms with E-state index in [9.17, 15) is 4.79 Å². The van der Waals surface area contributed by atoms with E-state index in [2.05, 4.69) is 10.4 Å². The summed E-state index contributed by atoms with van der Waals surface area (Å²) in [5.41, 5.74) is 0. The third-order valence-electron chi connectivity index (χ3n) is 2.01. The summed E-state index contributed by atoms with van der Waals surface area (Å²) in [6.07, 6.45) is 3.38. The molecule has 0 aromatic carbocycles. The molecule has 0 unspecified atom stereocenters. The minimum absolute atomic E-state index is 0.0438. The highest BCUT2D eigenvalue weighted by atomic mass is 16.5. The SMILES string of the molecule is CCn1cc(OCC(=O)NCC(C)C)cn1. The lowest BCUT2D eigenvalue weighted by atomic mass is 10.2. The molecule has 0 aliphatic rings. The average molecular weight is 225 g/mol. The second kappa shape index (κ2) is 6.15. The van der Waals surface area contributed by atoms with E-state index >= 15 is 0 Å². The van der Waals surface area contributed by atoms with Gasteiger partial charge in [-0.05, 0) is 12.8 Å². The van der Waals surface area contributed by atoms with Crippen LogP contribution < -0.4 is 10.1 Å². The molecule has 1 heterocycles. The van der Waals surface area contributed by atoms with Crippen LogP contribution in [0.3, 0.4) is 0 Å². The minimum Gasteiger partial charge on any atom is -0.480 e. The van der Waals surface area contributed by atoms with Gasteiger partial charge in [-0.2, -0.15) is 5.10 Å². The van der Waals surface area contributed by atoms with Crippen LogP contribution in [-0.4, -0.2) is 28.8 Å². The zero-order valence-electron chi connectivity index (χ0n) is 10.1. The normalized spacial score (nSPS) is 10.5. The Hall–Kier alpha value is -1.52. The zero-order valence-corrected chi connectivity index (χ0v) is 10.1. The topological polar surface area (TPSA) is 56.1 Å². The first-order chi connectivity index (χ1) is 7.61. The van der Waals surface area contributed by atoms with E-state index in [-0.39, 0.29) is 12.5 Å². The van der Waals surface area contributed by atoms with Crippen molar-refractivity contribution >= 4 is 5.91 Å². The number of aromatic nitrogens is 2. The van der Waals surface area contributed by atoms with E-state index in [1.807, 2.05) is 20.8 Å². The molecule has 0 aliphatic heterocycles. The van der Waals surface area contributed by atoms with Crippen molar-refractivity contribution in [1.82, 2.24) is 15.1 Å². The molecule has 0 radical (unpaired) electrons. The Kier molecular flexibility index (Phi) is 4.82. The quantitative estimate of drug-likeness (QED) is 0.787. The molecule has 5 heteroatoms. The summed E-state index contributed by atoms with van der Waals surface area (Å²) in [6, 6.07) is 0. The predicted molar refractivity (Wildman–Crippen MR) is 61.2 cm³/mol. The fraction of sp³-hybridized carbons (Fsp3) is 0.636. The van der Waals surface area contributed by atoms with Crippen LogP contribution in [0.2, 0.25) is 0 Å². The third kappa shape index (κ3) is 4.33. The van der Waals surface area contributed by atoms with Crippen LogP contribution >= 0.6 is 0 Å². The van der Waals surface area contributed by atoms with Gasteiger partial charge in [-0.15, -0.1) is 0 Å². The lowest BCUT2D eigenvalue weighted by Crippen LogP contribution is -2.31. The molecule has 5 nitrogen and oxygen atoms in total. The van der Waals surface area contributed by atoms with Gasteiger partial charge < -0.3 is 10.1 Å². The first-order valence-corrected chi connectivity index (χ1v) is 5.53. The number of nitrogens with one attached hydrogen (secondary N) is 1. The maximum Gasteiger partial charge on any atom is 0.257 e. The molecule has 1 aromatic rings. The molecule has 0 saturated heterocycles. The van der Waals surface area contributed by atoms with Gasteiger partial charge in [-0.1, -0.05) is 13.8 Å². The highest BCUT2D eigenvalue weighted by molar-refractivity contribution is 5.77. The van der Waals surface area contributed by atoms with Gasteiger partial charge >= 0.3 is 0 Å². The zero-order chi connectivity index (χ0) is 12.0. The Labute approximate surface area is 95.8 Å². The second-order valence-electron chi connectivity index (χ2n) is 4.02. The third-order valence-corrected chi connectivity index (χ3v) is 2.01. The van der Waals surface area contributed by atoms with Crippen molar-refractivity contribution in [3.63, 3.8) is 0 Å². The van der Waals surface area contributed by atoms with Crippen molar-refractivity contribution in [2.75, 3.05) is 13.2 Å². The number of nitrogens with zero attached hydrogens (tertiary/aromatic N) is 2. The molecule has 0 aliphatic carbocycles. The minimum atomic E-state index is -0.0991. The Balaban J connectivity index is 2.26. The van der Waals surface area contributed by atoms with Gasteiger partial charge in [0, 0.05) is 13.1 Å². The van der Waals surface area contributed by atoms with Crippen LogP contribution in [0.4, 0.5) is 0 Å². The van der Waals surface area contributed by atoms with Gasteiger partial charge in [0.1, 0.15) is 0 Å². The molecule has 1 amide bonds. The average Bonchev–Trinajstić information content (AvgIpc) is 2.71. The maximum atomic E-state index is 11.3. The van der Waals surface area contributed by atoms with Crippen molar-refractivity contribution in [3.05, 3.63) is 12.4 Å². The number of aryl methyl sites for hydroxylation is 1. The highest BCUT2D eigenvalue weighted by Crippen LogP contribution is 2.07. The van der Waals surface area contributed by atoms with E-state index in [0.29, 0.717) is 18.2 Å². The summed E-state index contributed by atoms with van der Waals surface area (Å²) < 4.78 is 7.04. The van der Waals surface area contributed by atoms with Gasteiger partial charge in [0.25, 0.3) is 5.91 Å². The van der Waals surface area contributed by atoms with Crippen molar-refractivity contribution in [1.29, 1.82) is 0 Å². The van der Waals surface area contributed by atoms with Gasteiger partial charge in [0.15, 0.2) is 12.4 Å². The fourth-order valence-corrected chi connectivity index (χ4v) is 1.11. The summed E-state index contributed by atoms with van der Waals surface area (Å²) in [6.45, 7) is 7.60. The Morgan fingerprint density at radius 3 is 2.94 bits per heavy atom. The van der Waals surface area contributed by atoms with Crippen LogP contribution in [-0.2, 0) is 11.3 Å². The molecule has 0 bridgehead atoms. The molecular formula is C11H19N3O2. The van der Waals surface area contributed by atoms with Crippen molar-refractivity contribution < 1.29 is 9.53 Å². The Morgan fingerprint density at radius 1 is 1.62 bits per heavy atom. The van der Waals surface area contributed by atoms with Crippen LogP contribution in [0.5, 0.6) is 5.75 Å². The lowest BCUT2D eigenvalue weighted by Gasteiger charge is -2.07. The molecule has 0 saturated carbocycles. The molecule has 0 spiro atoms. The molecular weight excluding hydrogens is 206 g/mol. The monoisotopic (exact) mass is 225 g/mol. The summed E-state index contributed by atoms with van der Waals surface area (Å²) >= 11 is 0. The maximum absolute atomic E-state index is 11.3. The summed E-state index contributed by atoms with van der Waals surface area (Å²) in [4.78, 5) is 11.3. The number of carbonyl (C=O) groups excluding carboxylic acids is 1. The van der Waals surface area contributed by atoms with Crippen molar-refractivity contribution in [2.45, 2.75) is 27.3 Å². The predicted octanol–water partition coefficient (Wildman–Crippen LogP) is 1.05. The molecule has 0 atom stereocenters. The lowest BCUT2D eigenvalue weighted by molar-refractivity contribution is -0.123. The number of hydrogen-bond acceptors (Lipinski definition) is 3. The van der Waals surface area contributed by atoms with Crippen LogP contribution in [0, 0.1) is 5.92 Å². The number of rotatable bonds is 6. The second-order valence-corrected chi connectivity index (χ2v) is 4.02. The van der Waals surface area contributed by atoms with E-state index in [1.54, 1.807) is 17.1 Å². The standard InChI is InChI=1S/C11H19N3O2/c1-4-14-7-10(6-13-14)16-8-11(15)12-5-9(2)3/h6-7,9H,4-5,8H2,1-3H3,(H,12,15). The first kappa shape index (κ1) is 12.5. The van der Waals surface area contributed by atoms with E-state index in [0.717, 1.165) is 6.54 Å². The number of ether oxygens (including phenoxy) is 1. The first-order valence-electron chi connectivity index (χ1n) is 5.53. The number of carbonyl (C=O) groups is 1. The molecule has 1 N–H and O–H groups in total. The molecule has 1 rings (SSSR count). The Bertz CT molecular complexity index is 334. The van der Waals surface area contributed by atoms with Crippen molar-refractivity contribution in [3.8, 4) is 5.75 Å². The number of amides is 1. The summed E-state index contributed by atoms with van der Waals surface area (Å²) in [5, 5.41) is 6.83. The van der Waals surface area contributed by atoms with Gasteiger partial charge in [-0.3, -0.25) is 9.48 Å². The molecule has 1 aromatic heterocycles. The smallest absolute Gasteiger partial charge is 0.257 e. The molecule has 0 fully saturated rings. The van der Waals surface area contributed by atoms with Crippen molar-refractivity contribution in [2.24, 2.45) is 5.92 Å². The van der Waals surface area contributed by atoms with Crippen LogP contribution in [0.1, 0.15) is 20.8 Å². The molecule has 90 valence electrons. The van der Waals surface area contributed by atoms with E-state index in [1.165, 1.54) is 0 Å². The van der Waals surface area contributed by atoms with Crippen LogP contribution in [0.15, 0.2) is 12.4 Å². The number of hydrogen-bond donors (Lipinski definition) is 1. The summed E-state index contributed by atoms with van der Waals surface area (Å²) in [7, 11) is 0. The highest BCUT2D eigenvalue weighted by Gasteiger charge is 2.04. The summed E-state index contributed by atoms with van der Waals surface area (Å²) in [5.74, 6) is 0.978. The largest absolute Gasteiger partial charge is 0.480 e.